The van der Waals surface area contributed by atoms with Gasteiger partial charge < -0.3 is 15.2 Å². The van der Waals surface area contributed by atoms with Crippen molar-refractivity contribution in [2.24, 2.45) is 0 Å². The molecule has 0 saturated heterocycles. The van der Waals surface area contributed by atoms with Crippen molar-refractivity contribution in [1.29, 1.82) is 0 Å². The summed E-state index contributed by atoms with van der Waals surface area (Å²) in [5.41, 5.74) is 7.33. The van der Waals surface area contributed by atoms with Crippen LogP contribution in [-0.4, -0.2) is 22.7 Å². The number of aliphatic hydroxyl groups is 1. The van der Waals surface area contributed by atoms with Crippen LogP contribution in [0.4, 0.5) is 5.69 Å². The Kier molecular flexibility index (Phi) is 6.55. The Hall–Kier alpha value is -2.85. The van der Waals surface area contributed by atoms with Gasteiger partial charge in [-0.3, -0.25) is 0 Å². The molecule has 0 radical (unpaired) electrons. The number of aryl methyl sites for hydroxylation is 4. The van der Waals surface area contributed by atoms with Gasteiger partial charge in [-0.15, -0.1) is 0 Å². The standard InChI is InChI=1S/C25H30N2O2/c1-16-11-17(2)24(18(3)12-16)29-25-20(5)23(13-19(4)26-25)27-22(15-28)14-21-9-7-6-8-10-21/h6-13,22,28H,14-15H2,1-5H3,(H,26,27). The summed E-state index contributed by atoms with van der Waals surface area (Å²) < 4.78 is 6.27. The van der Waals surface area contributed by atoms with Gasteiger partial charge in [-0.25, -0.2) is 4.98 Å². The van der Waals surface area contributed by atoms with Crippen LogP contribution in [0.2, 0.25) is 0 Å². The molecule has 152 valence electrons. The zero-order valence-electron chi connectivity index (χ0n) is 17.9. The monoisotopic (exact) mass is 390 g/mol. The van der Waals surface area contributed by atoms with E-state index in [1.54, 1.807) is 0 Å². The average Bonchev–Trinajstić information content (AvgIpc) is 2.68. The molecule has 29 heavy (non-hydrogen) atoms. The molecule has 1 aromatic heterocycles. The molecular formula is C25H30N2O2. The minimum Gasteiger partial charge on any atom is -0.438 e. The van der Waals surface area contributed by atoms with E-state index in [0.717, 1.165) is 40.2 Å². The van der Waals surface area contributed by atoms with Gasteiger partial charge in [0.15, 0.2) is 0 Å². The van der Waals surface area contributed by atoms with Crippen LogP contribution >= 0.6 is 0 Å². The zero-order chi connectivity index (χ0) is 21.0. The van der Waals surface area contributed by atoms with Crippen molar-refractivity contribution >= 4 is 5.69 Å². The van der Waals surface area contributed by atoms with Gasteiger partial charge >= 0.3 is 0 Å². The van der Waals surface area contributed by atoms with Crippen LogP contribution in [0.15, 0.2) is 48.5 Å². The van der Waals surface area contributed by atoms with Crippen LogP contribution in [0.5, 0.6) is 11.6 Å². The fourth-order valence-corrected chi connectivity index (χ4v) is 3.66. The average molecular weight is 391 g/mol. The van der Waals surface area contributed by atoms with Crippen LogP contribution < -0.4 is 10.1 Å². The lowest BCUT2D eigenvalue weighted by Gasteiger charge is -2.21. The predicted octanol–water partition coefficient (Wildman–Crippen LogP) is 5.43. The summed E-state index contributed by atoms with van der Waals surface area (Å²) in [5, 5.41) is 13.4. The van der Waals surface area contributed by atoms with Crippen molar-refractivity contribution in [2.45, 2.75) is 47.1 Å². The topological polar surface area (TPSA) is 54.4 Å². The number of anilines is 1. The van der Waals surface area contributed by atoms with Gasteiger partial charge in [0.1, 0.15) is 5.75 Å². The molecule has 3 aromatic rings. The molecule has 1 heterocycles. The Balaban J connectivity index is 1.87. The van der Waals surface area contributed by atoms with E-state index < -0.39 is 0 Å². The van der Waals surface area contributed by atoms with Crippen LogP contribution in [0.3, 0.4) is 0 Å². The van der Waals surface area contributed by atoms with Gasteiger partial charge in [0.05, 0.1) is 12.6 Å². The molecule has 0 fully saturated rings. The number of hydrogen-bond donors (Lipinski definition) is 2. The first kappa shape index (κ1) is 20.9. The smallest absolute Gasteiger partial charge is 0.224 e. The molecule has 0 aliphatic heterocycles. The third kappa shape index (κ3) is 5.15. The van der Waals surface area contributed by atoms with Gasteiger partial charge in [-0.2, -0.15) is 0 Å². The zero-order valence-corrected chi connectivity index (χ0v) is 17.9. The Morgan fingerprint density at radius 1 is 0.966 bits per heavy atom. The maximum absolute atomic E-state index is 9.90. The summed E-state index contributed by atoms with van der Waals surface area (Å²) in [6, 6.07) is 16.3. The van der Waals surface area contributed by atoms with Crippen molar-refractivity contribution in [3.63, 3.8) is 0 Å². The number of pyridine rings is 1. The second-order valence-corrected chi connectivity index (χ2v) is 7.78. The van der Waals surface area contributed by atoms with Crippen LogP contribution in [0, 0.1) is 34.6 Å². The van der Waals surface area contributed by atoms with E-state index in [4.69, 9.17) is 4.74 Å². The first-order valence-electron chi connectivity index (χ1n) is 10.0. The largest absolute Gasteiger partial charge is 0.438 e. The SMILES string of the molecule is Cc1cc(C)c(Oc2nc(C)cc(NC(CO)Cc3ccccc3)c2C)c(C)c1. The lowest BCUT2D eigenvalue weighted by Crippen LogP contribution is -2.27. The minimum absolute atomic E-state index is 0.0437. The number of aliphatic hydroxyl groups excluding tert-OH is 1. The van der Waals surface area contributed by atoms with Gasteiger partial charge in [-0.1, -0.05) is 48.0 Å². The van der Waals surface area contributed by atoms with E-state index in [1.807, 2.05) is 38.1 Å². The summed E-state index contributed by atoms with van der Waals surface area (Å²) in [4.78, 5) is 4.63. The Bertz CT molecular complexity index is 961. The highest BCUT2D eigenvalue weighted by Crippen LogP contribution is 2.33. The number of rotatable bonds is 7. The molecular weight excluding hydrogens is 360 g/mol. The van der Waals surface area contributed by atoms with Crippen LogP contribution in [0.25, 0.3) is 0 Å². The molecule has 0 saturated carbocycles. The Morgan fingerprint density at radius 3 is 2.24 bits per heavy atom. The Morgan fingerprint density at radius 2 is 1.62 bits per heavy atom. The fraction of sp³-hybridized carbons (Fsp3) is 0.320. The number of benzene rings is 2. The van der Waals surface area contributed by atoms with Crippen molar-refractivity contribution in [2.75, 3.05) is 11.9 Å². The van der Waals surface area contributed by atoms with E-state index >= 15 is 0 Å². The normalized spacial score (nSPS) is 11.9. The number of aromatic nitrogens is 1. The second kappa shape index (κ2) is 9.10. The molecule has 4 heteroatoms. The summed E-state index contributed by atoms with van der Waals surface area (Å²) in [6.07, 6.45) is 0.741. The third-order valence-electron chi connectivity index (χ3n) is 5.06. The number of nitrogens with zero attached hydrogens (tertiary/aromatic N) is 1. The highest BCUT2D eigenvalue weighted by Gasteiger charge is 2.16. The second-order valence-electron chi connectivity index (χ2n) is 7.78. The van der Waals surface area contributed by atoms with Crippen molar-refractivity contribution < 1.29 is 9.84 Å². The summed E-state index contributed by atoms with van der Waals surface area (Å²) >= 11 is 0. The number of hydrogen-bond acceptors (Lipinski definition) is 4. The molecule has 1 unspecified atom stereocenters. The molecule has 2 N–H and O–H groups in total. The maximum Gasteiger partial charge on any atom is 0.224 e. The first-order valence-corrected chi connectivity index (χ1v) is 10.0. The van der Waals surface area contributed by atoms with Gasteiger partial charge in [0.25, 0.3) is 0 Å². The summed E-state index contributed by atoms with van der Waals surface area (Å²) in [7, 11) is 0. The quantitative estimate of drug-likeness (QED) is 0.565. The molecule has 3 rings (SSSR count). The fourth-order valence-electron chi connectivity index (χ4n) is 3.66. The first-order chi connectivity index (χ1) is 13.9. The molecule has 0 amide bonds. The van der Waals surface area contributed by atoms with E-state index in [0.29, 0.717) is 5.88 Å². The van der Waals surface area contributed by atoms with Crippen molar-refractivity contribution in [1.82, 2.24) is 4.98 Å². The molecule has 1 atom stereocenters. The van der Waals surface area contributed by atoms with E-state index in [1.165, 1.54) is 11.1 Å². The predicted molar refractivity (Wildman–Crippen MR) is 119 cm³/mol. The lowest BCUT2D eigenvalue weighted by molar-refractivity contribution is 0.273. The highest BCUT2D eigenvalue weighted by molar-refractivity contribution is 5.57. The summed E-state index contributed by atoms with van der Waals surface area (Å²) in [5.74, 6) is 1.45. The highest BCUT2D eigenvalue weighted by atomic mass is 16.5. The third-order valence-corrected chi connectivity index (χ3v) is 5.06. The maximum atomic E-state index is 9.90. The van der Waals surface area contributed by atoms with Gasteiger partial charge in [-0.05, 0) is 63.8 Å². The summed E-state index contributed by atoms with van der Waals surface area (Å²) in [6.45, 7) is 10.2. The van der Waals surface area contributed by atoms with Crippen molar-refractivity contribution in [3.8, 4) is 11.6 Å². The van der Waals surface area contributed by atoms with Crippen molar-refractivity contribution in [3.05, 3.63) is 82.0 Å². The molecule has 0 aliphatic carbocycles. The molecule has 0 spiro atoms. The van der Waals surface area contributed by atoms with Crippen LogP contribution in [0.1, 0.15) is 33.5 Å². The lowest BCUT2D eigenvalue weighted by atomic mass is 10.1. The molecule has 4 nitrogen and oxygen atoms in total. The van der Waals surface area contributed by atoms with Gasteiger partial charge in [0, 0.05) is 16.9 Å². The van der Waals surface area contributed by atoms with E-state index in [-0.39, 0.29) is 12.6 Å². The Labute approximate surface area is 173 Å². The van der Waals surface area contributed by atoms with Gasteiger partial charge in [0.2, 0.25) is 5.88 Å². The molecule has 0 bridgehead atoms. The number of nitrogens with one attached hydrogen (secondary N) is 1. The number of ether oxygens (including phenoxy) is 1. The van der Waals surface area contributed by atoms with E-state index in [9.17, 15) is 5.11 Å². The minimum atomic E-state index is -0.0893. The molecule has 0 aliphatic rings. The van der Waals surface area contributed by atoms with E-state index in [2.05, 4.69) is 55.3 Å². The van der Waals surface area contributed by atoms with Crippen LogP contribution in [-0.2, 0) is 6.42 Å². The molecule has 2 aromatic carbocycles.